The molecule has 0 aliphatic heterocycles. The highest BCUT2D eigenvalue weighted by atomic mass is 35.5. The Morgan fingerprint density at radius 2 is 2.21 bits per heavy atom. The van der Waals surface area contributed by atoms with Crippen LogP contribution >= 0.6 is 24.0 Å². The zero-order valence-electron chi connectivity index (χ0n) is 10.0. The molecule has 0 bridgehead atoms. The second kappa shape index (κ2) is 6.10. The van der Waals surface area contributed by atoms with Crippen LogP contribution in [0.3, 0.4) is 0 Å². The number of fused-ring (bicyclic) bond motifs is 1. The van der Waals surface area contributed by atoms with E-state index in [1.165, 1.54) is 0 Å². The largest absolute Gasteiger partial charge is 0.468 e. The molecule has 3 rings (SSSR count). The number of H-pyrrole nitrogens is 1. The molecule has 0 aliphatic rings. The van der Waals surface area contributed by atoms with Crippen molar-refractivity contribution in [2.75, 3.05) is 0 Å². The minimum Gasteiger partial charge on any atom is -0.468 e. The third-order valence-corrected chi connectivity index (χ3v) is 3.03. The normalized spacial score (nSPS) is 10.6. The molecular formula is C13H13Cl2N3O. The fraction of sp³-hybridized carbons (Fsp3) is 0.154. The number of aromatic nitrogens is 2. The highest BCUT2D eigenvalue weighted by Gasteiger charge is 2.04. The van der Waals surface area contributed by atoms with Gasteiger partial charge in [0.1, 0.15) is 5.76 Å². The number of pyridine rings is 1. The number of aromatic amines is 1. The summed E-state index contributed by atoms with van der Waals surface area (Å²) in [5, 5.41) is 4.87. The predicted octanol–water partition coefficient (Wildman–Crippen LogP) is 3.52. The van der Waals surface area contributed by atoms with Crippen LogP contribution < -0.4 is 5.32 Å². The van der Waals surface area contributed by atoms with Gasteiger partial charge in [0.25, 0.3) is 0 Å². The van der Waals surface area contributed by atoms with E-state index in [0.29, 0.717) is 11.7 Å². The van der Waals surface area contributed by atoms with Crippen LogP contribution in [0.15, 0.2) is 41.1 Å². The molecule has 0 saturated heterocycles. The number of nitrogens with zero attached hydrogens (tertiary/aromatic N) is 1. The number of hydrogen-bond donors (Lipinski definition) is 2. The van der Waals surface area contributed by atoms with Crippen LogP contribution in [0.25, 0.3) is 10.9 Å². The lowest BCUT2D eigenvalue weighted by Crippen LogP contribution is -2.12. The number of nitrogens with one attached hydrogen (secondary N) is 2. The van der Waals surface area contributed by atoms with Crippen LogP contribution in [0, 0.1) is 0 Å². The lowest BCUT2D eigenvalue weighted by Gasteiger charge is -1.99. The lowest BCUT2D eigenvalue weighted by atomic mass is 10.3. The zero-order valence-corrected chi connectivity index (χ0v) is 11.6. The molecule has 0 amide bonds. The molecule has 0 atom stereocenters. The summed E-state index contributed by atoms with van der Waals surface area (Å²) in [7, 11) is 0. The predicted molar refractivity (Wildman–Crippen MR) is 77.6 cm³/mol. The van der Waals surface area contributed by atoms with Crippen LogP contribution in [0.1, 0.15) is 11.5 Å². The van der Waals surface area contributed by atoms with Crippen LogP contribution in [-0.2, 0) is 13.1 Å². The summed E-state index contributed by atoms with van der Waals surface area (Å²) < 4.78 is 5.25. The molecule has 100 valence electrons. The van der Waals surface area contributed by atoms with E-state index in [1.54, 1.807) is 12.5 Å². The number of rotatable bonds is 4. The molecule has 4 nitrogen and oxygen atoms in total. The van der Waals surface area contributed by atoms with E-state index in [9.17, 15) is 0 Å². The molecule has 0 aliphatic carbocycles. The molecule has 0 radical (unpaired) electrons. The van der Waals surface area contributed by atoms with E-state index in [4.69, 9.17) is 16.0 Å². The highest BCUT2D eigenvalue weighted by molar-refractivity contribution is 6.33. The SMILES string of the molecule is Cl.Clc1nccc2cc(CNCc3ccco3)[nH]c12. The first-order valence-corrected chi connectivity index (χ1v) is 6.06. The van der Waals surface area contributed by atoms with Gasteiger partial charge in [0.05, 0.1) is 18.3 Å². The first-order chi connectivity index (χ1) is 8.83. The maximum absolute atomic E-state index is 6.01. The van der Waals surface area contributed by atoms with Gasteiger partial charge in [-0.2, -0.15) is 0 Å². The van der Waals surface area contributed by atoms with Crippen molar-refractivity contribution in [3.63, 3.8) is 0 Å². The lowest BCUT2D eigenvalue weighted by molar-refractivity contribution is 0.482. The third-order valence-electron chi connectivity index (χ3n) is 2.75. The van der Waals surface area contributed by atoms with Crippen molar-refractivity contribution in [2.24, 2.45) is 0 Å². The summed E-state index contributed by atoms with van der Waals surface area (Å²) in [5.74, 6) is 0.922. The van der Waals surface area contributed by atoms with Crippen LogP contribution in [0.2, 0.25) is 5.15 Å². The Morgan fingerprint density at radius 1 is 1.32 bits per heavy atom. The van der Waals surface area contributed by atoms with Gasteiger partial charge in [-0.15, -0.1) is 12.4 Å². The molecule has 0 aromatic carbocycles. The summed E-state index contributed by atoms with van der Waals surface area (Å²) >= 11 is 6.01. The Balaban J connectivity index is 0.00000133. The Bertz CT molecular complexity index is 649. The number of furan rings is 1. The summed E-state index contributed by atoms with van der Waals surface area (Å²) in [4.78, 5) is 7.30. The monoisotopic (exact) mass is 297 g/mol. The first-order valence-electron chi connectivity index (χ1n) is 5.68. The summed E-state index contributed by atoms with van der Waals surface area (Å²) in [6.07, 6.45) is 3.38. The highest BCUT2D eigenvalue weighted by Crippen LogP contribution is 2.21. The fourth-order valence-electron chi connectivity index (χ4n) is 1.91. The first kappa shape index (κ1) is 13.9. The summed E-state index contributed by atoms with van der Waals surface area (Å²) in [6, 6.07) is 7.83. The minimum atomic E-state index is 0. The topological polar surface area (TPSA) is 53.9 Å². The fourth-order valence-corrected chi connectivity index (χ4v) is 2.12. The standard InChI is InChI=1S/C13H12ClN3O.ClH/c14-13-12-9(3-4-16-13)6-10(17-12)7-15-8-11-2-1-5-18-11;/h1-6,15,17H,7-8H2;1H. The number of hydrogen-bond acceptors (Lipinski definition) is 3. The van der Waals surface area contributed by atoms with Gasteiger partial charge in [0.15, 0.2) is 5.15 Å². The quantitative estimate of drug-likeness (QED) is 0.725. The van der Waals surface area contributed by atoms with E-state index in [0.717, 1.165) is 28.9 Å². The van der Waals surface area contributed by atoms with Gasteiger partial charge in [0, 0.05) is 23.8 Å². The van der Waals surface area contributed by atoms with E-state index in [2.05, 4.69) is 21.4 Å². The van der Waals surface area contributed by atoms with Gasteiger partial charge in [-0.05, 0) is 24.3 Å². The summed E-state index contributed by atoms with van der Waals surface area (Å²) in [6.45, 7) is 1.43. The third kappa shape index (κ3) is 3.10. The van der Waals surface area contributed by atoms with Crippen molar-refractivity contribution in [2.45, 2.75) is 13.1 Å². The Kier molecular flexibility index (Phi) is 4.47. The molecule has 0 spiro atoms. The van der Waals surface area contributed by atoms with Crippen molar-refractivity contribution in [3.8, 4) is 0 Å². The van der Waals surface area contributed by atoms with Gasteiger partial charge in [-0.1, -0.05) is 11.6 Å². The van der Waals surface area contributed by atoms with Crippen molar-refractivity contribution in [1.29, 1.82) is 0 Å². The van der Waals surface area contributed by atoms with Crippen LogP contribution in [0.4, 0.5) is 0 Å². The van der Waals surface area contributed by atoms with Crippen LogP contribution in [0.5, 0.6) is 0 Å². The maximum Gasteiger partial charge on any atom is 0.153 e. The molecule has 19 heavy (non-hydrogen) atoms. The molecule has 6 heteroatoms. The van der Waals surface area contributed by atoms with Gasteiger partial charge < -0.3 is 14.7 Å². The number of halogens is 2. The second-order valence-electron chi connectivity index (χ2n) is 4.04. The average Bonchev–Trinajstić information content (AvgIpc) is 2.98. The zero-order chi connectivity index (χ0) is 12.4. The second-order valence-corrected chi connectivity index (χ2v) is 4.40. The molecule has 0 saturated carbocycles. The smallest absolute Gasteiger partial charge is 0.153 e. The van der Waals surface area contributed by atoms with Crippen molar-refractivity contribution in [3.05, 3.63) is 53.3 Å². The Labute approximate surface area is 121 Å². The van der Waals surface area contributed by atoms with Gasteiger partial charge in [-0.25, -0.2) is 4.98 Å². The molecule has 0 fully saturated rings. The minimum absolute atomic E-state index is 0. The Morgan fingerprint density at radius 3 is 2.95 bits per heavy atom. The summed E-state index contributed by atoms with van der Waals surface area (Å²) in [5.41, 5.74) is 1.96. The van der Waals surface area contributed by atoms with E-state index < -0.39 is 0 Å². The van der Waals surface area contributed by atoms with Gasteiger partial charge in [0.2, 0.25) is 0 Å². The molecule has 2 N–H and O–H groups in total. The van der Waals surface area contributed by atoms with Crippen molar-refractivity contribution in [1.82, 2.24) is 15.3 Å². The van der Waals surface area contributed by atoms with Gasteiger partial charge >= 0.3 is 0 Å². The Hall–Kier alpha value is -1.49. The van der Waals surface area contributed by atoms with E-state index in [1.807, 2.05) is 18.2 Å². The van der Waals surface area contributed by atoms with E-state index >= 15 is 0 Å². The maximum atomic E-state index is 6.01. The van der Waals surface area contributed by atoms with Crippen LogP contribution in [-0.4, -0.2) is 9.97 Å². The molecule has 3 heterocycles. The molecule has 0 unspecified atom stereocenters. The van der Waals surface area contributed by atoms with Gasteiger partial charge in [-0.3, -0.25) is 0 Å². The average molecular weight is 298 g/mol. The van der Waals surface area contributed by atoms with Crippen molar-refractivity contribution < 1.29 is 4.42 Å². The molecular weight excluding hydrogens is 285 g/mol. The van der Waals surface area contributed by atoms with Crippen molar-refractivity contribution >= 4 is 34.9 Å². The molecule has 3 aromatic heterocycles. The van der Waals surface area contributed by atoms with E-state index in [-0.39, 0.29) is 12.4 Å². The molecule has 3 aromatic rings.